The molecule has 0 radical (unpaired) electrons. The molecule has 0 bridgehead atoms. The highest BCUT2D eigenvalue weighted by atomic mass is 19.4. The van der Waals surface area contributed by atoms with E-state index in [0.29, 0.717) is 37.2 Å². The second-order valence-electron chi connectivity index (χ2n) is 8.21. The van der Waals surface area contributed by atoms with Gasteiger partial charge in [0.05, 0.1) is 12.8 Å². The fraction of sp³-hybridized carbons (Fsp3) is 0.522. The van der Waals surface area contributed by atoms with Gasteiger partial charge >= 0.3 is 6.18 Å². The first-order valence-electron chi connectivity index (χ1n) is 11.3. The maximum absolute atomic E-state index is 13.7. The lowest BCUT2D eigenvalue weighted by Gasteiger charge is -2.33. The summed E-state index contributed by atoms with van der Waals surface area (Å²) in [6.45, 7) is 2.38. The van der Waals surface area contributed by atoms with Gasteiger partial charge in [0.15, 0.2) is 0 Å². The van der Waals surface area contributed by atoms with E-state index in [0.717, 1.165) is 24.6 Å². The summed E-state index contributed by atoms with van der Waals surface area (Å²) in [6.07, 6.45) is -0.487. The van der Waals surface area contributed by atoms with Crippen LogP contribution in [0.15, 0.2) is 24.4 Å². The Balaban J connectivity index is 1.89. The Morgan fingerprint density at radius 1 is 1.21 bits per heavy atom. The van der Waals surface area contributed by atoms with Crippen molar-refractivity contribution in [1.29, 1.82) is 0 Å². The van der Waals surface area contributed by atoms with Gasteiger partial charge in [-0.25, -0.2) is 4.98 Å². The number of carbonyl (C=O) groups is 1. The van der Waals surface area contributed by atoms with Gasteiger partial charge in [-0.3, -0.25) is 4.79 Å². The van der Waals surface area contributed by atoms with Crippen molar-refractivity contribution in [1.82, 2.24) is 20.6 Å². The monoisotopic (exact) mass is 480 g/mol. The summed E-state index contributed by atoms with van der Waals surface area (Å²) in [7, 11) is 3.34. The number of halogens is 3. The van der Waals surface area contributed by atoms with E-state index in [-0.39, 0.29) is 29.8 Å². The molecule has 1 aromatic carbocycles. The van der Waals surface area contributed by atoms with Gasteiger partial charge in [0, 0.05) is 31.2 Å². The third-order valence-corrected chi connectivity index (χ3v) is 5.74. The topological polar surface area (TPSA) is 100 Å². The third-order valence-electron chi connectivity index (χ3n) is 5.74. The highest BCUT2D eigenvalue weighted by Crippen LogP contribution is 2.36. The highest BCUT2D eigenvalue weighted by molar-refractivity contribution is 5.76. The standard InChI is InChI=1S/C23H31F3N6O2/c1-4-20(33)29-16-7-5-6-8-17(16)30-21-15(23(24,25)26)13-28-22(32-21)31-18-10-9-14(12-27-2)11-19(18)34-3/h9-11,13,16-17,27H,4-8,12H2,1-3H3,(H,29,33)(H2,28,30,31,32)/t16-,17-/m1/s1. The van der Waals surface area contributed by atoms with Crippen molar-refractivity contribution < 1.29 is 22.7 Å². The van der Waals surface area contributed by atoms with E-state index >= 15 is 0 Å². The number of hydrogen-bond acceptors (Lipinski definition) is 7. The number of benzene rings is 1. The first-order valence-corrected chi connectivity index (χ1v) is 11.3. The highest BCUT2D eigenvalue weighted by Gasteiger charge is 2.37. The van der Waals surface area contributed by atoms with Gasteiger partial charge in [-0.15, -0.1) is 0 Å². The molecule has 1 aliphatic carbocycles. The van der Waals surface area contributed by atoms with Crippen LogP contribution in [0.25, 0.3) is 0 Å². The number of alkyl halides is 3. The van der Waals surface area contributed by atoms with Crippen molar-refractivity contribution in [2.24, 2.45) is 0 Å². The number of anilines is 3. The minimum Gasteiger partial charge on any atom is -0.495 e. The van der Waals surface area contributed by atoms with Crippen molar-refractivity contribution >= 4 is 23.4 Å². The van der Waals surface area contributed by atoms with Gasteiger partial charge in [-0.2, -0.15) is 18.2 Å². The molecule has 186 valence electrons. The van der Waals surface area contributed by atoms with Gasteiger partial charge in [0.25, 0.3) is 0 Å². The lowest BCUT2D eigenvalue weighted by molar-refractivity contribution is -0.137. The molecule has 1 amide bonds. The summed E-state index contributed by atoms with van der Waals surface area (Å²) >= 11 is 0. The minimum atomic E-state index is -4.63. The number of carbonyl (C=O) groups excluding carboxylic acids is 1. The smallest absolute Gasteiger partial charge is 0.421 e. The SMILES string of the molecule is CCC(=O)N[C@@H]1CCCC[C@H]1Nc1nc(Nc2ccc(CNC)cc2OC)ncc1C(F)(F)F. The Bertz CT molecular complexity index is 986. The maximum Gasteiger partial charge on any atom is 0.421 e. The fourth-order valence-corrected chi connectivity index (χ4v) is 3.99. The number of rotatable bonds is 9. The van der Waals surface area contributed by atoms with E-state index in [1.165, 1.54) is 7.11 Å². The molecule has 1 fully saturated rings. The molecule has 1 saturated carbocycles. The Labute approximate surface area is 197 Å². The molecule has 1 aliphatic rings. The Kier molecular flexibility index (Phi) is 8.54. The van der Waals surface area contributed by atoms with Crippen LogP contribution in [0.3, 0.4) is 0 Å². The molecule has 11 heteroatoms. The molecule has 0 aliphatic heterocycles. The zero-order valence-electron chi connectivity index (χ0n) is 19.6. The summed E-state index contributed by atoms with van der Waals surface area (Å²) in [5.41, 5.74) is 0.553. The maximum atomic E-state index is 13.7. The zero-order valence-corrected chi connectivity index (χ0v) is 19.6. The Morgan fingerprint density at radius 3 is 2.59 bits per heavy atom. The van der Waals surface area contributed by atoms with E-state index in [2.05, 4.69) is 31.2 Å². The van der Waals surface area contributed by atoms with Crippen molar-refractivity contribution in [3.05, 3.63) is 35.5 Å². The quantitative estimate of drug-likeness (QED) is 0.427. The number of ether oxygens (including phenoxy) is 1. The molecule has 0 unspecified atom stereocenters. The Morgan fingerprint density at radius 2 is 1.94 bits per heavy atom. The molecule has 8 nitrogen and oxygen atoms in total. The number of hydrogen-bond donors (Lipinski definition) is 4. The van der Waals surface area contributed by atoms with Crippen LogP contribution in [0.2, 0.25) is 0 Å². The van der Waals surface area contributed by atoms with Crippen LogP contribution in [-0.4, -0.2) is 42.1 Å². The minimum absolute atomic E-state index is 0.000111. The fourth-order valence-electron chi connectivity index (χ4n) is 3.99. The molecule has 2 atom stereocenters. The van der Waals surface area contributed by atoms with E-state index in [1.54, 1.807) is 13.0 Å². The number of aromatic nitrogens is 2. The molecule has 1 heterocycles. The van der Waals surface area contributed by atoms with E-state index in [4.69, 9.17) is 4.74 Å². The van der Waals surface area contributed by atoms with Crippen molar-refractivity contribution in [3.63, 3.8) is 0 Å². The van der Waals surface area contributed by atoms with Crippen LogP contribution in [-0.2, 0) is 17.5 Å². The van der Waals surface area contributed by atoms with Crippen molar-refractivity contribution in [2.45, 2.75) is 63.8 Å². The van der Waals surface area contributed by atoms with Crippen molar-refractivity contribution in [3.8, 4) is 5.75 Å². The number of nitrogens with zero attached hydrogens (tertiary/aromatic N) is 2. The summed E-state index contributed by atoms with van der Waals surface area (Å²) in [5, 5.41) is 11.9. The number of nitrogens with one attached hydrogen (secondary N) is 4. The van der Waals surface area contributed by atoms with Gasteiger partial charge in [-0.1, -0.05) is 25.8 Å². The second-order valence-corrected chi connectivity index (χ2v) is 8.21. The molecule has 1 aromatic heterocycles. The van der Waals surface area contributed by atoms with Gasteiger partial charge in [0.2, 0.25) is 11.9 Å². The normalized spacial score (nSPS) is 18.3. The van der Waals surface area contributed by atoms with Crippen LogP contribution < -0.4 is 26.0 Å². The largest absolute Gasteiger partial charge is 0.495 e. The van der Waals surface area contributed by atoms with Crippen molar-refractivity contribution in [2.75, 3.05) is 24.8 Å². The summed E-state index contributed by atoms with van der Waals surface area (Å²) in [6, 6.07) is 4.81. The number of amides is 1. The molecule has 34 heavy (non-hydrogen) atoms. The third kappa shape index (κ3) is 6.49. The molecule has 3 rings (SSSR count). The van der Waals surface area contributed by atoms with Crippen LogP contribution in [0.1, 0.15) is 50.2 Å². The molecular formula is C23H31F3N6O2. The predicted octanol–water partition coefficient (Wildman–Crippen LogP) is 4.22. The number of methoxy groups -OCH3 is 1. The Hall–Kier alpha value is -3.08. The molecule has 0 saturated heterocycles. The van der Waals surface area contributed by atoms with Gasteiger partial charge in [0.1, 0.15) is 17.1 Å². The molecule has 2 aromatic rings. The summed E-state index contributed by atoms with van der Waals surface area (Å²) in [5.74, 6) is 0.0625. The summed E-state index contributed by atoms with van der Waals surface area (Å²) < 4.78 is 46.6. The summed E-state index contributed by atoms with van der Waals surface area (Å²) in [4.78, 5) is 20.0. The van der Waals surface area contributed by atoms with Crippen LogP contribution >= 0.6 is 0 Å². The van der Waals surface area contributed by atoms with Crippen LogP contribution in [0, 0.1) is 0 Å². The lowest BCUT2D eigenvalue weighted by atomic mass is 9.90. The first-order chi connectivity index (χ1) is 16.2. The van der Waals surface area contributed by atoms with Gasteiger partial charge < -0.3 is 26.0 Å². The first kappa shape index (κ1) is 25.5. The van der Waals surface area contributed by atoms with Crippen LogP contribution in [0.4, 0.5) is 30.6 Å². The lowest BCUT2D eigenvalue weighted by Crippen LogP contribution is -2.48. The molecule has 4 N–H and O–H groups in total. The zero-order chi connectivity index (χ0) is 24.7. The van der Waals surface area contributed by atoms with Gasteiger partial charge in [-0.05, 0) is 37.6 Å². The second kappa shape index (κ2) is 11.4. The van der Waals surface area contributed by atoms with Crippen LogP contribution in [0.5, 0.6) is 5.75 Å². The average Bonchev–Trinajstić information content (AvgIpc) is 2.80. The van der Waals surface area contributed by atoms with E-state index in [9.17, 15) is 18.0 Å². The average molecular weight is 481 g/mol. The van der Waals surface area contributed by atoms with E-state index in [1.807, 2.05) is 19.2 Å². The molecule has 0 spiro atoms. The predicted molar refractivity (Wildman–Crippen MR) is 124 cm³/mol. The van der Waals surface area contributed by atoms with E-state index < -0.39 is 11.7 Å². The molecular weight excluding hydrogens is 449 g/mol.